The topological polar surface area (TPSA) is 89.4 Å². The number of aromatic nitrogens is 1. The molecule has 0 saturated carbocycles. The zero-order chi connectivity index (χ0) is 10.9. The molecule has 3 N–H and O–H groups in total. The second-order valence-corrected chi connectivity index (χ2v) is 4.18. The number of carboxylic acids is 1. The smallest absolute Gasteiger partial charge is 0.325 e. The van der Waals surface area contributed by atoms with E-state index in [9.17, 15) is 4.79 Å². The molecular weight excluding hydrogens is 184 g/mol. The fourth-order valence-electron chi connectivity index (χ4n) is 1.17. The van der Waals surface area contributed by atoms with E-state index in [0.717, 1.165) is 0 Å². The molecule has 0 amide bonds. The summed E-state index contributed by atoms with van der Waals surface area (Å²) in [5.74, 6) is -0.564. The van der Waals surface area contributed by atoms with Gasteiger partial charge >= 0.3 is 5.97 Å². The monoisotopic (exact) mass is 198 g/mol. The van der Waals surface area contributed by atoms with Gasteiger partial charge in [0.2, 0.25) is 0 Å². The van der Waals surface area contributed by atoms with Gasteiger partial charge in [0.25, 0.3) is 0 Å². The van der Waals surface area contributed by atoms with Crippen LogP contribution in [0, 0.1) is 0 Å². The largest absolute Gasteiger partial charge is 0.480 e. The van der Waals surface area contributed by atoms with Crippen LogP contribution in [-0.4, -0.2) is 16.2 Å². The Morgan fingerprint density at radius 3 is 2.64 bits per heavy atom. The zero-order valence-corrected chi connectivity index (χ0v) is 8.44. The van der Waals surface area contributed by atoms with E-state index in [1.807, 2.05) is 20.8 Å². The highest BCUT2D eigenvalue weighted by Crippen LogP contribution is 2.28. The van der Waals surface area contributed by atoms with Gasteiger partial charge in [-0.2, -0.15) is 0 Å². The molecule has 1 heterocycles. The van der Waals surface area contributed by atoms with Crippen molar-refractivity contribution in [3.63, 3.8) is 0 Å². The van der Waals surface area contributed by atoms with Crippen LogP contribution in [0.3, 0.4) is 0 Å². The number of carboxylic acid groups (broad SMARTS) is 1. The highest BCUT2D eigenvalue weighted by Gasteiger charge is 2.28. The van der Waals surface area contributed by atoms with Crippen molar-refractivity contribution >= 4 is 5.97 Å². The lowest BCUT2D eigenvalue weighted by atomic mass is 9.88. The summed E-state index contributed by atoms with van der Waals surface area (Å²) in [6, 6.07) is -1.07. The molecule has 0 aromatic carbocycles. The van der Waals surface area contributed by atoms with Gasteiger partial charge in [-0.15, -0.1) is 0 Å². The fraction of sp³-hybridized carbons (Fsp3) is 0.556. The predicted octanol–water partition coefficient (Wildman–Crippen LogP) is 1.06. The minimum absolute atomic E-state index is 0.293. The number of aliphatic carboxylic acids is 1. The van der Waals surface area contributed by atoms with E-state index in [-0.39, 0.29) is 5.41 Å². The Labute approximate surface area is 81.9 Å². The molecule has 0 saturated heterocycles. The third-order valence-electron chi connectivity index (χ3n) is 1.88. The van der Waals surface area contributed by atoms with Gasteiger partial charge in [0.05, 0.1) is 6.20 Å². The van der Waals surface area contributed by atoms with Gasteiger partial charge in [-0.25, -0.2) is 0 Å². The first-order valence-electron chi connectivity index (χ1n) is 4.27. The first kappa shape index (κ1) is 10.7. The molecule has 5 heteroatoms. The molecule has 0 aliphatic rings. The molecule has 78 valence electrons. The molecule has 0 spiro atoms. The predicted molar refractivity (Wildman–Crippen MR) is 49.8 cm³/mol. The van der Waals surface area contributed by atoms with Crippen molar-refractivity contribution in [3.05, 3.63) is 17.5 Å². The third-order valence-corrected chi connectivity index (χ3v) is 1.88. The molecule has 1 aromatic rings. The van der Waals surface area contributed by atoms with Crippen molar-refractivity contribution < 1.29 is 14.4 Å². The van der Waals surface area contributed by atoms with E-state index in [1.165, 1.54) is 6.20 Å². The van der Waals surface area contributed by atoms with Gasteiger partial charge < -0.3 is 15.4 Å². The molecule has 0 fully saturated rings. The van der Waals surface area contributed by atoms with Crippen molar-refractivity contribution in [2.24, 2.45) is 5.73 Å². The summed E-state index contributed by atoms with van der Waals surface area (Å²) in [5, 5.41) is 12.3. The first-order valence-corrected chi connectivity index (χ1v) is 4.27. The van der Waals surface area contributed by atoms with Crippen LogP contribution in [0.1, 0.15) is 38.1 Å². The average molecular weight is 198 g/mol. The average Bonchev–Trinajstić information content (AvgIpc) is 2.48. The maximum atomic E-state index is 10.7. The van der Waals surface area contributed by atoms with Crippen LogP contribution in [-0.2, 0) is 10.2 Å². The summed E-state index contributed by atoms with van der Waals surface area (Å²) < 4.78 is 5.01. The number of nitrogens with two attached hydrogens (primary N) is 1. The van der Waals surface area contributed by atoms with Crippen LogP contribution >= 0.6 is 0 Å². The quantitative estimate of drug-likeness (QED) is 0.741. The van der Waals surface area contributed by atoms with Crippen LogP contribution in [0.15, 0.2) is 10.7 Å². The summed E-state index contributed by atoms with van der Waals surface area (Å²) in [4.78, 5) is 10.7. The highest BCUT2D eigenvalue weighted by atomic mass is 16.5. The maximum Gasteiger partial charge on any atom is 0.325 e. The molecule has 1 atom stereocenters. The lowest BCUT2D eigenvalue weighted by Crippen LogP contribution is -2.24. The Morgan fingerprint density at radius 1 is 1.64 bits per heavy atom. The summed E-state index contributed by atoms with van der Waals surface area (Å²) in [7, 11) is 0. The number of rotatable bonds is 2. The third kappa shape index (κ3) is 1.93. The molecule has 1 rings (SSSR count). The first-order chi connectivity index (χ1) is 6.34. The molecule has 1 aromatic heterocycles. The zero-order valence-electron chi connectivity index (χ0n) is 8.44. The highest BCUT2D eigenvalue weighted by molar-refractivity contribution is 5.75. The lowest BCUT2D eigenvalue weighted by molar-refractivity contribution is -0.138. The van der Waals surface area contributed by atoms with Gasteiger partial charge in [0.1, 0.15) is 11.8 Å². The van der Waals surface area contributed by atoms with E-state index in [2.05, 4.69) is 5.16 Å². The Morgan fingerprint density at radius 2 is 2.21 bits per heavy atom. The summed E-state index contributed by atoms with van der Waals surface area (Å²) in [6.07, 6.45) is 1.36. The molecule has 0 radical (unpaired) electrons. The Kier molecular flexibility index (Phi) is 2.62. The molecular formula is C9H14N2O3. The van der Waals surface area contributed by atoms with Crippen LogP contribution in [0.5, 0.6) is 0 Å². The number of hydrogen-bond donors (Lipinski definition) is 2. The SMILES string of the molecule is CC(C)(C)c1oncc1C(N)C(=O)O. The van der Waals surface area contributed by atoms with E-state index in [0.29, 0.717) is 11.3 Å². The maximum absolute atomic E-state index is 10.7. The van der Waals surface area contributed by atoms with Crippen molar-refractivity contribution in [1.29, 1.82) is 0 Å². The summed E-state index contributed by atoms with van der Waals surface area (Å²) in [6.45, 7) is 5.72. The minimum Gasteiger partial charge on any atom is -0.480 e. The standard InChI is InChI=1S/C9H14N2O3/c1-9(2,3)7-5(4-11-14-7)6(10)8(12)13/h4,6H,10H2,1-3H3,(H,12,13). The van der Waals surface area contributed by atoms with E-state index in [1.54, 1.807) is 0 Å². The molecule has 0 aliphatic carbocycles. The molecule has 1 unspecified atom stereocenters. The van der Waals surface area contributed by atoms with E-state index in [4.69, 9.17) is 15.4 Å². The number of hydrogen-bond acceptors (Lipinski definition) is 4. The Bertz CT molecular complexity index is 338. The Hall–Kier alpha value is -1.36. The van der Waals surface area contributed by atoms with Crippen LogP contribution in [0.4, 0.5) is 0 Å². The van der Waals surface area contributed by atoms with Crippen LogP contribution < -0.4 is 5.73 Å². The summed E-state index contributed by atoms with van der Waals surface area (Å²) >= 11 is 0. The van der Waals surface area contributed by atoms with Gasteiger partial charge in [0, 0.05) is 11.0 Å². The normalized spacial score (nSPS) is 14.0. The Balaban J connectivity index is 3.11. The van der Waals surface area contributed by atoms with Crippen molar-refractivity contribution in [1.82, 2.24) is 5.16 Å². The number of nitrogens with zero attached hydrogens (tertiary/aromatic N) is 1. The van der Waals surface area contributed by atoms with Crippen molar-refractivity contribution in [2.75, 3.05) is 0 Å². The molecule has 5 nitrogen and oxygen atoms in total. The second kappa shape index (κ2) is 3.42. The van der Waals surface area contributed by atoms with E-state index < -0.39 is 12.0 Å². The van der Waals surface area contributed by atoms with Gasteiger partial charge in [-0.1, -0.05) is 25.9 Å². The molecule has 0 bridgehead atoms. The van der Waals surface area contributed by atoms with E-state index >= 15 is 0 Å². The molecule has 14 heavy (non-hydrogen) atoms. The van der Waals surface area contributed by atoms with Crippen molar-refractivity contribution in [2.45, 2.75) is 32.2 Å². The number of carbonyl (C=O) groups is 1. The van der Waals surface area contributed by atoms with Crippen LogP contribution in [0.2, 0.25) is 0 Å². The van der Waals surface area contributed by atoms with Gasteiger partial charge in [-0.3, -0.25) is 4.79 Å². The van der Waals surface area contributed by atoms with Gasteiger partial charge in [-0.05, 0) is 0 Å². The van der Waals surface area contributed by atoms with Gasteiger partial charge in [0.15, 0.2) is 0 Å². The minimum atomic E-state index is -1.08. The lowest BCUT2D eigenvalue weighted by Gasteiger charge is -2.17. The summed E-state index contributed by atoms with van der Waals surface area (Å²) in [5.41, 5.74) is 5.62. The van der Waals surface area contributed by atoms with Crippen molar-refractivity contribution in [3.8, 4) is 0 Å². The van der Waals surface area contributed by atoms with Crippen LogP contribution in [0.25, 0.3) is 0 Å². The fourth-order valence-corrected chi connectivity index (χ4v) is 1.17. The molecule has 0 aliphatic heterocycles. The second-order valence-electron chi connectivity index (χ2n) is 4.18.